The molecule has 30 heavy (non-hydrogen) atoms. The van der Waals surface area contributed by atoms with E-state index in [1.807, 2.05) is 0 Å². The zero-order valence-electron chi connectivity index (χ0n) is 14.8. The van der Waals surface area contributed by atoms with Crippen LogP contribution >= 0.6 is 0 Å². The molecule has 1 aliphatic rings. The van der Waals surface area contributed by atoms with Crippen LogP contribution in [0.5, 0.6) is 11.5 Å². The zero-order chi connectivity index (χ0) is 22.1. The van der Waals surface area contributed by atoms with Crippen LogP contribution in [0.25, 0.3) is 18.2 Å². The number of hydrogen-bond donors (Lipinski definition) is 1. The van der Waals surface area contributed by atoms with Gasteiger partial charge in [-0.15, -0.1) is 13.2 Å². The number of rotatable bonds is 4. The molecule has 10 heteroatoms. The van der Waals surface area contributed by atoms with E-state index < -0.39 is 41.7 Å². The number of aliphatic carboxylic acids is 1. The molecular weight excluding hydrogens is 418 g/mol. The van der Waals surface area contributed by atoms with E-state index >= 15 is 0 Å². The van der Waals surface area contributed by atoms with Crippen LogP contribution < -0.4 is 9.47 Å². The highest BCUT2D eigenvalue weighted by molar-refractivity contribution is 5.95. The minimum atomic E-state index is -5.06. The lowest BCUT2D eigenvalue weighted by Crippen LogP contribution is -2.40. The van der Waals surface area contributed by atoms with Gasteiger partial charge in [0.05, 0.1) is 5.57 Å². The average molecular weight is 430 g/mol. The summed E-state index contributed by atoms with van der Waals surface area (Å²) >= 11 is 0. The molecule has 0 aromatic heterocycles. The second-order valence-electron chi connectivity index (χ2n) is 6.17. The first-order valence-corrected chi connectivity index (χ1v) is 8.29. The Morgan fingerprint density at radius 3 is 2.27 bits per heavy atom. The van der Waals surface area contributed by atoms with Crippen molar-refractivity contribution in [2.75, 3.05) is 0 Å². The number of fused-ring (bicyclic) bond motifs is 1. The lowest BCUT2D eigenvalue weighted by atomic mass is 9.98. The Labute approximate surface area is 165 Å². The first-order chi connectivity index (χ1) is 13.9. The Hall–Kier alpha value is -3.43. The lowest BCUT2D eigenvalue weighted by Gasteiger charge is -2.28. The fourth-order valence-corrected chi connectivity index (χ4v) is 2.80. The van der Waals surface area contributed by atoms with Crippen molar-refractivity contribution in [1.82, 2.24) is 0 Å². The summed E-state index contributed by atoms with van der Waals surface area (Å²) in [5.41, 5.74) is -0.969. The third-order valence-corrected chi connectivity index (χ3v) is 3.98. The van der Waals surface area contributed by atoms with Gasteiger partial charge in [-0.25, -0.2) is 4.79 Å². The van der Waals surface area contributed by atoms with Gasteiger partial charge in [0.25, 0.3) is 0 Å². The van der Waals surface area contributed by atoms with Gasteiger partial charge in [0.2, 0.25) is 6.10 Å². The Bertz CT molecular complexity index is 1010. The molecule has 1 aliphatic heterocycles. The molecule has 0 saturated carbocycles. The van der Waals surface area contributed by atoms with Crippen LogP contribution in [0.1, 0.15) is 16.7 Å². The molecule has 0 saturated heterocycles. The van der Waals surface area contributed by atoms with Gasteiger partial charge in [-0.3, -0.25) is 0 Å². The smallest absolute Gasteiger partial charge is 0.478 e. The summed E-state index contributed by atoms with van der Waals surface area (Å²) in [6.07, 6.45) is -9.55. The summed E-state index contributed by atoms with van der Waals surface area (Å²) < 4.78 is 86.7. The molecule has 0 radical (unpaired) electrons. The molecule has 3 rings (SSSR count). The Morgan fingerprint density at radius 1 is 1.03 bits per heavy atom. The average Bonchev–Trinajstić information content (AvgIpc) is 2.63. The van der Waals surface area contributed by atoms with E-state index in [9.17, 15) is 31.1 Å². The standard InChI is InChI=1S/C20H12F6O4/c21-19(22,23)17-15(18(27)28)10-13-9-14(30-20(24,25)26)8-12(16(13)29-17)7-6-11-4-2-1-3-5-11/h1-10,17H,(H,27,28). The summed E-state index contributed by atoms with van der Waals surface area (Å²) in [4.78, 5) is 11.3. The number of alkyl halides is 6. The van der Waals surface area contributed by atoms with Crippen LogP contribution in [0.15, 0.2) is 48.0 Å². The lowest BCUT2D eigenvalue weighted by molar-refractivity contribution is -0.274. The fraction of sp³-hybridized carbons (Fsp3) is 0.150. The molecule has 158 valence electrons. The first-order valence-electron chi connectivity index (χ1n) is 8.29. The van der Waals surface area contributed by atoms with Crippen molar-refractivity contribution in [3.05, 3.63) is 64.7 Å². The number of benzene rings is 2. The number of carboxylic acids is 1. The van der Waals surface area contributed by atoms with Crippen molar-refractivity contribution in [3.8, 4) is 11.5 Å². The van der Waals surface area contributed by atoms with E-state index in [1.54, 1.807) is 30.3 Å². The van der Waals surface area contributed by atoms with Crippen molar-refractivity contribution < 1.29 is 45.7 Å². The topological polar surface area (TPSA) is 55.8 Å². The van der Waals surface area contributed by atoms with E-state index in [-0.39, 0.29) is 11.1 Å². The van der Waals surface area contributed by atoms with Crippen LogP contribution in [0.2, 0.25) is 0 Å². The molecular formula is C20H12F6O4. The monoisotopic (exact) mass is 430 g/mol. The predicted molar refractivity (Wildman–Crippen MR) is 94.6 cm³/mol. The Morgan fingerprint density at radius 2 is 1.70 bits per heavy atom. The molecule has 4 nitrogen and oxygen atoms in total. The molecule has 1 atom stereocenters. The van der Waals surface area contributed by atoms with E-state index in [0.29, 0.717) is 11.6 Å². The van der Waals surface area contributed by atoms with Crippen LogP contribution in [-0.2, 0) is 4.79 Å². The minimum Gasteiger partial charge on any atom is -0.478 e. The van der Waals surface area contributed by atoms with Crippen LogP contribution in [0, 0.1) is 0 Å². The molecule has 2 aromatic carbocycles. The van der Waals surface area contributed by atoms with Gasteiger partial charge in [0, 0.05) is 11.1 Å². The number of halogens is 6. The number of carbonyl (C=O) groups is 1. The van der Waals surface area contributed by atoms with Crippen LogP contribution in [0.4, 0.5) is 26.3 Å². The van der Waals surface area contributed by atoms with E-state index in [2.05, 4.69) is 4.74 Å². The molecule has 0 aliphatic carbocycles. The van der Waals surface area contributed by atoms with Crippen molar-refractivity contribution >= 4 is 24.2 Å². The van der Waals surface area contributed by atoms with Gasteiger partial charge in [-0.1, -0.05) is 42.5 Å². The third-order valence-electron chi connectivity index (χ3n) is 3.98. The van der Waals surface area contributed by atoms with Gasteiger partial charge < -0.3 is 14.6 Å². The summed E-state index contributed by atoms with van der Waals surface area (Å²) in [5.74, 6) is -3.06. The highest BCUT2D eigenvalue weighted by atomic mass is 19.4. The van der Waals surface area contributed by atoms with Crippen molar-refractivity contribution in [1.29, 1.82) is 0 Å². The van der Waals surface area contributed by atoms with Gasteiger partial charge in [0.15, 0.2) is 0 Å². The zero-order valence-corrected chi connectivity index (χ0v) is 14.8. The van der Waals surface area contributed by atoms with Crippen LogP contribution in [0.3, 0.4) is 0 Å². The second kappa shape index (κ2) is 7.77. The van der Waals surface area contributed by atoms with Gasteiger partial charge in [-0.2, -0.15) is 13.2 Å². The van der Waals surface area contributed by atoms with Crippen molar-refractivity contribution in [3.63, 3.8) is 0 Å². The maximum Gasteiger partial charge on any atom is 0.573 e. The maximum absolute atomic E-state index is 13.3. The normalized spacial score (nSPS) is 16.6. The highest BCUT2D eigenvalue weighted by Crippen LogP contribution is 2.42. The largest absolute Gasteiger partial charge is 0.573 e. The molecule has 0 spiro atoms. The minimum absolute atomic E-state index is 0.148. The molecule has 1 unspecified atom stereocenters. The molecule has 1 heterocycles. The SMILES string of the molecule is O=C(O)C1=Cc2cc(OC(F)(F)F)cc(C=Cc3ccccc3)c2OC1C(F)(F)F. The number of hydrogen-bond acceptors (Lipinski definition) is 3. The number of carboxylic acid groups (broad SMARTS) is 1. The summed E-state index contributed by atoms with van der Waals surface area (Å²) in [6.45, 7) is 0. The Kier molecular flexibility index (Phi) is 5.51. The number of ether oxygens (including phenoxy) is 2. The fourth-order valence-electron chi connectivity index (χ4n) is 2.80. The second-order valence-corrected chi connectivity index (χ2v) is 6.17. The predicted octanol–water partition coefficient (Wildman–Crippen LogP) is 5.55. The van der Waals surface area contributed by atoms with Gasteiger partial charge in [0.1, 0.15) is 11.5 Å². The van der Waals surface area contributed by atoms with Gasteiger partial charge >= 0.3 is 18.5 Å². The van der Waals surface area contributed by atoms with E-state index in [1.165, 1.54) is 12.2 Å². The maximum atomic E-state index is 13.3. The molecule has 0 amide bonds. The molecule has 1 N–H and O–H groups in total. The molecule has 0 bridgehead atoms. The summed E-state index contributed by atoms with van der Waals surface area (Å²) in [6, 6.07) is 10.1. The van der Waals surface area contributed by atoms with E-state index in [4.69, 9.17) is 9.84 Å². The highest BCUT2D eigenvalue weighted by Gasteiger charge is 2.49. The first kappa shape index (κ1) is 21.3. The molecule has 0 fully saturated rings. The molecule has 2 aromatic rings. The summed E-state index contributed by atoms with van der Waals surface area (Å²) in [5, 5.41) is 9.10. The van der Waals surface area contributed by atoms with Crippen molar-refractivity contribution in [2.45, 2.75) is 18.6 Å². The van der Waals surface area contributed by atoms with Crippen molar-refractivity contribution in [2.24, 2.45) is 0 Å². The van der Waals surface area contributed by atoms with Crippen LogP contribution in [-0.4, -0.2) is 29.7 Å². The summed E-state index contributed by atoms with van der Waals surface area (Å²) in [7, 11) is 0. The third kappa shape index (κ3) is 4.94. The quantitative estimate of drug-likeness (QED) is 0.511. The Balaban J connectivity index is 2.15. The van der Waals surface area contributed by atoms with Gasteiger partial charge in [-0.05, 0) is 23.8 Å². The van der Waals surface area contributed by atoms with E-state index in [0.717, 1.165) is 12.1 Å².